The van der Waals surface area contributed by atoms with Gasteiger partial charge in [-0.2, -0.15) is 0 Å². The third kappa shape index (κ3) is 54.8. The third-order valence-electron chi connectivity index (χ3n) is 20.7. The van der Waals surface area contributed by atoms with Crippen molar-refractivity contribution in [2.24, 2.45) is 106 Å². The van der Waals surface area contributed by atoms with Crippen molar-refractivity contribution in [2.75, 3.05) is 39.3 Å². The summed E-state index contributed by atoms with van der Waals surface area (Å²) in [6.45, 7) is 40.9. The van der Waals surface area contributed by atoms with Gasteiger partial charge in [0, 0.05) is 135 Å². The van der Waals surface area contributed by atoms with Crippen molar-refractivity contribution in [1.82, 2.24) is 31.9 Å². The molecule has 6 aliphatic heterocycles. The maximum atomic E-state index is 12.4. The number of epoxide rings is 6. The summed E-state index contributed by atoms with van der Waals surface area (Å²) in [6, 6.07) is 0. The van der Waals surface area contributed by atoms with Gasteiger partial charge in [-0.1, -0.05) is 173 Å². The fourth-order valence-electron chi connectivity index (χ4n) is 13.1. The van der Waals surface area contributed by atoms with Crippen LogP contribution in [0, 0.1) is 106 Å². The van der Waals surface area contributed by atoms with Crippen molar-refractivity contribution in [3.05, 3.63) is 0 Å². The van der Waals surface area contributed by atoms with Gasteiger partial charge in [0.2, 0.25) is 35.4 Å². The molecule has 0 aromatic rings. The number of ketones is 6. The van der Waals surface area contributed by atoms with E-state index < -0.39 is 147 Å². The summed E-state index contributed by atoms with van der Waals surface area (Å²) in [4.78, 5) is 158. The van der Waals surface area contributed by atoms with Crippen LogP contribution in [0.3, 0.4) is 0 Å². The smallest absolute Gasteiger partial charge is 0.336 e. The Hall–Kier alpha value is -5.93. The van der Waals surface area contributed by atoms with Crippen LogP contribution in [-0.2, 0) is 90.8 Å². The van der Waals surface area contributed by atoms with E-state index in [1.54, 1.807) is 27.7 Å². The van der Waals surface area contributed by atoms with Gasteiger partial charge in [-0.15, -0.1) is 0 Å². The maximum absolute atomic E-state index is 12.4. The zero-order chi connectivity index (χ0) is 107. The Labute approximate surface area is 765 Å². The molecule has 6 fully saturated rings. The number of hydrogen-bond acceptors (Lipinski definition) is 19. The number of nitrogens with one attached hydrogen (secondary N) is 6. The third-order valence-corrected chi connectivity index (χ3v) is 20.7. The summed E-state index contributed by atoms with van der Waals surface area (Å²) >= 11 is 0. The fraction of sp³-hybridized carbons (Fsp3) is 0.866. The molecule has 7 N–H and O–H groups in total. The zero-order valence-electron chi connectivity index (χ0n) is 94.7. The standard InChI is InChI=1S/C16H27NO5.5C16H29NO3.CH4/c1-9(2)5-6-17-15(19)11(7-10(3)4)8-12(18)13-14(22-13)16(20)21;5*1-10(2)6-7-17-16(19)13(8-11(3)4)9-14(18)15-12(5)20-15;/h9-11,13-14H,5-8H2,1-4H3,(H,17,19)(H,20,21);5*10-13,15H,6-9H2,1-5H3,(H,17,19);1H4/t11-,13+,14-;12-,13+,15+;4*12-,13-,15+;/m011111./s1/i11D;13D;2*3D3,11D;2*3D3;/t2m;4*11?,12-,13-,15+;. The van der Waals surface area contributed by atoms with E-state index in [2.05, 4.69) is 73.4 Å². The second-order valence-corrected chi connectivity index (χ2v) is 37.8. The molecule has 0 spiro atoms. The van der Waals surface area contributed by atoms with Crippen LogP contribution in [0.4, 0.5) is 0 Å². The molecular formula is C97H176N6O20. The van der Waals surface area contributed by atoms with E-state index in [0.717, 1.165) is 38.5 Å². The molecule has 0 aromatic carbocycles. The Morgan fingerprint density at radius 2 is 0.472 bits per heavy atom. The first-order valence-electron chi connectivity index (χ1n) is 52.9. The van der Waals surface area contributed by atoms with Crippen molar-refractivity contribution in [3.8, 4) is 0 Å². The minimum atomic E-state index is -2.52. The predicted molar refractivity (Wildman–Crippen MR) is 485 cm³/mol. The SMILES string of the molecule is C.[2H]C([2H])([2H])C(C)C[C@H](CC(=O)[C@H]1O[C@@H]1C)C(=O)NCCC(C)C.[2H]C([2H])([2H])C(C)C[C@H](CC(=O)[C@H]1O[C@@H]1C)C(=O)NCCC(C)C.[2H]C([2H])([2H])C([2H])(C)C[C@H](CC(=O)[C@H]1O[C@@H]1C)C(=O)NCCC(C)C.[2H]C([2H])([2H])C([2H])(C)C[C@H](CC(=O)[C@H]1O[C@@H]1C)C(=O)NCCC(C)C.[2H][C@@](CC(=O)[C@H]1O[C@@H]1C(=O)O)(CC(C)C)C(=O)NCCC(C)C.[2H][C@@](CC(=O)[C@H]1O[C@@H]1C)(CC(C)C)C(=O)NCCC(C)C. The van der Waals surface area contributed by atoms with Crippen LogP contribution in [0.25, 0.3) is 0 Å². The van der Waals surface area contributed by atoms with Gasteiger partial charge in [0.05, 0.1) is 30.5 Å². The minimum absolute atomic E-state index is 0. The molecule has 714 valence electrons. The lowest BCUT2D eigenvalue weighted by Gasteiger charge is -2.18. The molecule has 0 radical (unpaired) electrons. The van der Waals surface area contributed by atoms with Gasteiger partial charge in [-0.25, -0.2) is 4.79 Å². The molecule has 6 aliphatic rings. The molecule has 4 unspecified atom stereocenters. The van der Waals surface area contributed by atoms with E-state index in [-0.39, 0.29) is 179 Å². The molecule has 6 heterocycles. The van der Waals surface area contributed by atoms with Crippen LogP contribution in [0.5, 0.6) is 0 Å². The number of aliphatic carboxylic acids is 1. The lowest BCUT2D eigenvalue weighted by molar-refractivity contribution is -0.138. The minimum Gasteiger partial charge on any atom is -0.479 e. The second kappa shape index (κ2) is 60.7. The van der Waals surface area contributed by atoms with E-state index in [9.17, 15) is 62.3 Å². The number of rotatable bonds is 55. The van der Waals surface area contributed by atoms with Crippen LogP contribution >= 0.6 is 0 Å². The van der Waals surface area contributed by atoms with Gasteiger partial charge in [-0.05, 0) is 183 Å². The van der Waals surface area contributed by atoms with E-state index in [4.69, 9.17) is 55.5 Å². The van der Waals surface area contributed by atoms with Crippen molar-refractivity contribution >= 4 is 76.1 Å². The average Bonchev–Trinajstić information content (AvgIpc) is 1.68. The quantitative estimate of drug-likeness (QED) is 0.0278. The largest absolute Gasteiger partial charge is 0.479 e. The molecular weight excluding hydrogens is 1570 g/mol. The molecule has 0 bridgehead atoms. The molecule has 123 heavy (non-hydrogen) atoms. The van der Waals surface area contributed by atoms with E-state index in [0.29, 0.717) is 81.2 Å². The molecule has 6 saturated heterocycles. The Morgan fingerprint density at radius 3 is 0.650 bits per heavy atom. The normalized spacial score (nSPS) is 26.8. The summed E-state index contributed by atoms with van der Waals surface area (Å²) in [6.07, 6.45) is 0.127. The monoisotopic (exact) mass is 1760 g/mol. The lowest BCUT2D eigenvalue weighted by Crippen LogP contribution is -2.34. The number of Topliss-reactive ketones (excluding diaryl/α,β-unsaturated/α-hetero) is 6. The first-order valence-corrected chi connectivity index (χ1v) is 44.9. The summed E-state index contributed by atoms with van der Waals surface area (Å²) < 4.78 is 153. The summed E-state index contributed by atoms with van der Waals surface area (Å²) in [5.41, 5.74) is 0. The molecule has 0 aliphatic carbocycles. The highest BCUT2D eigenvalue weighted by Gasteiger charge is 2.51. The number of ether oxygens (including phenoxy) is 6. The average molecular weight is 1760 g/mol. The van der Waals surface area contributed by atoms with Gasteiger partial charge in [-0.3, -0.25) is 57.5 Å². The number of carboxylic acid groups (broad SMARTS) is 1. The summed E-state index contributed by atoms with van der Waals surface area (Å²) in [5, 5.41) is 25.5. The summed E-state index contributed by atoms with van der Waals surface area (Å²) in [7, 11) is 0. The Kier molecular flexibility index (Phi) is 44.7. The van der Waals surface area contributed by atoms with Crippen molar-refractivity contribution in [1.29, 1.82) is 0 Å². The van der Waals surface area contributed by atoms with Crippen LogP contribution in [0.15, 0.2) is 0 Å². The van der Waals surface area contributed by atoms with Crippen LogP contribution in [-0.4, -0.2) is 194 Å². The highest BCUT2D eigenvalue weighted by molar-refractivity contribution is 5.96. The number of carboxylic acids is 1. The van der Waals surface area contributed by atoms with Gasteiger partial charge in [0.1, 0.15) is 30.5 Å². The van der Waals surface area contributed by atoms with Crippen LogP contribution in [0.2, 0.25) is 0 Å². The Balaban J connectivity index is 0.00000164. The molecule has 22 atom stereocenters. The molecule has 26 nitrogen and oxygen atoms in total. The topological polar surface area (TPSA) is 389 Å². The van der Waals surface area contributed by atoms with Gasteiger partial charge >= 0.3 is 5.97 Å². The highest BCUT2D eigenvalue weighted by Crippen LogP contribution is 2.33. The second-order valence-electron chi connectivity index (χ2n) is 37.8. The number of carbonyl (C=O) groups excluding carboxylic acids is 12. The summed E-state index contributed by atoms with van der Waals surface area (Å²) in [5.74, 6) is -12.2. The predicted octanol–water partition coefficient (Wildman–Crippen LogP) is 15.0. The fourth-order valence-corrected chi connectivity index (χ4v) is 13.1. The number of carbonyl (C=O) groups is 13. The number of amides is 6. The van der Waals surface area contributed by atoms with E-state index >= 15 is 0 Å². The number of hydrogen-bond donors (Lipinski definition) is 7. The highest BCUT2D eigenvalue weighted by atomic mass is 16.6. The molecule has 0 aromatic heterocycles. The first-order chi connectivity index (χ1) is 63.0. The molecule has 26 heteroatoms. The van der Waals surface area contributed by atoms with Crippen molar-refractivity contribution < 1.29 is 118 Å². The first kappa shape index (κ1) is 90.4. The van der Waals surface area contributed by atoms with Crippen LogP contribution < -0.4 is 31.9 Å². The Morgan fingerprint density at radius 1 is 0.268 bits per heavy atom. The van der Waals surface area contributed by atoms with Crippen molar-refractivity contribution in [3.63, 3.8) is 0 Å². The Bertz CT molecular complexity index is 3700. The van der Waals surface area contributed by atoms with Crippen LogP contribution in [0.1, 0.15) is 345 Å². The molecule has 0 saturated carbocycles. The maximum Gasteiger partial charge on any atom is 0.336 e. The molecule has 6 amide bonds. The van der Waals surface area contributed by atoms with E-state index in [1.165, 1.54) is 13.8 Å². The molecule has 6 rings (SSSR count). The van der Waals surface area contributed by atoms with Gasteiger partial charge in [0.15, 0.2) is 46.9 Å². The van der Waals surface area contributed by atoms with Crippen molar-refractivity contribution in [2.45, 2.75) is 397 Å². The lowest BCUT2D eigenvalue weighted by atomic mass is 9.90. The van der Waals surface area contributed by atoms with Gasteiger partial charge < -0.3 is 65.4 Å². The zero-order valence-corrected chi connectivity index (χ0v) is 78.7. The van der Waals surface area contributed by atoms with Gasteiger partial charge in [0.25, 0.3) is 0 Å². The van der Waals surface area contributed by atoms with E-state index in [1.807, 2.05) is 90.0 Å².